The number of nitro groups is 1. The minimum atomic E-state index is -0.631. The zero-order valence-electron chi connectivity index (χ0n) is 7.95. The van der Waals surface area contributed by atoms with Crippen LogP contribution in [-0.2, 0) is 6.42 Å². The summed E-state index contributed by atoms with van der Waals surface area (Å²) < 4.78 is 1.43. The largest absolute Gasteiger partial charge is 0.393 e. The average molecular weight is 227 g/mol. The molecule has 0 radical (unpaired) electrons. The predicted octanol–water partition coefficient (Wildman–Crippen LogP) is 1.23. The van der Waals surface area contributed by atoms with Gasteiger partial charge in [0.25, 0.3) is 4.96 Å². The molecule has 0 aromatic carbocycles. The van der Waals surface area contributed by atoms with Crippen molar-refractivity contribution in [2.75, 3.05) is 0 Å². The number of aliphatic hydroxyl groups is 1. The molecular weight excluding hydrogens is 218 g/mol. The minimum Gasteiger partial charge on any atom is -0.393 e. The fourth-order valence-electron chi connectivity index (χ4n) is 1.43. The second-order valence-corrected chi connectivity index (χ2v) is 4.12. The molecule has 2 aromatic rings. The number of hydrogen-bond acceptors (Lipinski definition) is 5. The third-order valence-corrected chi connectivity index (χ3v) is 2.72. The summed E-state index contributed by atoms with van der Waals surface area (Å²) in [5, 5.41) is 21.8. The Morgan fingerprint density at radius 2 is 2.53 bits per heavy atom. The fraction of sp³-hybridized carbons (Fsp3) is 0.375. The van der Waals surface area contributed by atoms with E-state index in [9.17, 15) is 15.2 Å². The van der Waals surface area contributed by atoms with E-state index in [4.69, 9.17) is 0 Å². The molecule has 0 amide bonds. The molecule has 0 saturated carbocycles. The molecule has 0 spiro atoms. The molecule has 2 rings (SSSR count). The van der Waals surface area contributed by atoms with Crippen molar-refractivity contribution in [3.8, 4) is 0 Å². The van der Waals surface area contributed by atoms with Crippen molar-refractivity contribution in [3.05, 3.63) is 27.4 Å². The van der Waals surface area contributed by atoms with Crippen molar-refractivity contribution in [1.82, 2.24) is 9.38 Å². The van der Waals surface area contributed by atoms with E-state index < -0.39 is 11.0 Å². The van der Waals surface area contributed by atoms with E-state index in [0.717, 1.165) is 0 Å². The second kappa shape index (κ2) is 3.59. The molecule has 7 heteroatoms. The van der Waals surface area contributed by atoms with Crippen molar-refractivity contribution in [2.24, 2.45) is 0 Å². The lowest BCUT2D eigenvalue weighted by molar-refractivity contribution is -0.391. The summed E-state index contributed by atoms with van der Waals surface area (Å²) >= 11 is 1.33. The summed E-state index contributed by atoms with van der Waals surface area (Å²) in [6.07, 6.45) is 1.18. The molecule has 1 unspecified atom stereocenters. The smallest absolute Gasteiger partial charge is 0.351 e. The van der Waals surface area contributed by atoms with Crippen LogP contribution in [-0.4, -0.2) is 25.5 Å². The van der Waals surface area contributed by atoms with Gasteiger partial charge in [-0.15, -0.1) is 0 Å². The van der Waals surface area contributed by atoms with Gasteiger partial charge in [0.05, 0.1) is 6.10 Å². The van der Waals surface area contributed by atoms with Gasteiger partial charge in [-0.3, -0.25) is 0 Å². The number of thiazole rings is 1. The Balaban J connectivity index is 2.57. The van der Waals surface area contributed by atoms with E-state index in [2.05, 4.69) is 4.98 Å². The summed E-state index contributed by atoms with van der Waals surface area (Å²) in [6, 6.07) is 0. The van der Waals surface area contributed by atoms with Gasteiger partial charge in [0, 0.05) is 11.8 Å². The summed E-state index contributed by atoms with van der Waals surface area (Å²) in [5.41, 5.74) is 0.335. The second-order valence-electron chi connectivity index (χ2n) is 3.25. The van der Waals surface area contributed by atoms with Crippen LogP contribution in [0.15, 0.2) is 11.6 Å². The van der Waals surface area contributed by atoms with E-state index in [0.29, 0.717) is 10.7 Å². The van der Waals surface area contributed by atoms with Crippen LogP contribution in [0.25, 0.3) is 4.96 Å². The highest BCUT2D eigenvalue weighted by Gasteiger charge is 2.23. The van der Waals surface area contributed by atoms with Gasteiger partial charge in [-0.05, 0) is 11.8 Å². The molecule has 1 atom stereocenters. The molecule has 0 aliphatic heterocycles. The van der Waals surface area contributed by atoms with Gasteiger partial charge < -0.3 is 15.2 Å². The highest BCUT2D eigenvalue weighted by Crippen LogP contribution is 2.24. The highest BCUT2D eigenvalue weighted by atomic mass is 32.1. The fourth-order valence-corrected chi connectivity index (χ4v) is 2.16. The minimum absolute atomic E-state index is 0.0489. The van der Waals surface area contributed by atoms with E-state index >= 15 is 0 Å². The first-order valence-electron chi connectivity index (χ1n) is 4.36. The quantitative estimate of drug-likeness (QED) is 0.631. The number of aliphatic hydroxyl groups excluding tert-OH is 1. The van der Waals surface area contributed by atoms with Gasteiger partial charge in [0.1, 0.15) is 11.9 Å². The van der Waals surface area contributed by atoms with E-state index in [1.807, 2.05) is 0 Å². The summed E-state index contributed by atoms with van der Waals surface area (Å²) in [7, 11) is 0. The van der Waals surface area contributed by atoms with Crippen molar-refractivity contribution >= 4 is 22.1 Å². The van der Waals surface area contributed by atoms with Gasteiger partial charge in [-0.1, -0.05) is 11.3 Å². The lowest BCUT2D eigenvalue weighted by atomic mass is 10.2. The Morgan fingerprint density at radius 1 is 1.80 bits per heavy atom. The van der Waals surface area contributed by atoms with Gasteiger partial charge in [-0.25, -0.2) is 0 Å². The zero-order chi connectivity index (χ0) is 11.0. The van der Waals surface area contributed by atoms with E-state index in [1.54, 1.807) is 18.5 Å². The molecule has 0 aliphatic rings. The Kier molecular flexibility index (Phi) is 2.41. The average Bonchev–Trinajstić information content (AvgIpc) is 2.60. The highest BCUT2D eigenvalue weighted by molar-refractivity contribution is 7.15. The maximum absolute atomic E-state index is 10.8. The molecule has 6 nitrogen and oxygen atoms in total. The number of aromatic nitrogens is 2. The molecule has 80 valence electrons. The van der Waals surface area contributed by atoms with Crippen molar-refractivity contribution in [2.45, 2.75) is 19.4 Å². The van der Waals surface area contributed by atoms with Crippen molar-refractivity contribution in [1.29, 1.82) is 0 Å². The molecule has 2 heterocycles. The molecule has 15 heavy (non-hydrogen) atoms. The van der Waals surface area contributed by atoms with Gasteiger partial charge >= 0.3 is 5.82 Å². The Bertz CT molecular complexity index is 502. The van der Waals surface area contributed by atoms with Gasteiger partial charge in [0.2, 0.25) is 0 Å². The number of nitrogens with zero attached hydrogens (tertiary/aromatic N) is 3. The normalized spacial score (nSPS) is 13.2. The lowest BCUT2D eigenvalue weighted by Crippen LogP contribution is -2.07. The molecule has 2 aromatic heterocycles. The molecule has 0 bridgehead atoms. The first-order chi connectivity index (χ1) is 7.09. The van der Waals surface area contributed by atoms with Gasteiger partial charge in [0.15, 0.2) is 0 Å². The third-order valence-electron chi connectivity index (χ3n) is 1.97. The first kappa shape index (κ1) is 10.1. The standard InChI is InChI=1S/C8H9N3O3S/c1-5(12)4-6-7(11(13)14)10-2-3-15-8(10)9-6/h2-3,5,12H,4H2,1H3. The predicted molar refractivity (Wildman–Crippen MR) is 55.1 cm³/mol. The zero-order valence-corrected chi connectivity index (χ0v) is 8.77. The van der Waals surface area contributed by atoms with Crippen LogP contribution >= 0.6 is 11.3 Å². The maximum Gasteiger partial charge on any atom is 0.351 e. The Labute approximate surface area is 89.0 Å². The lowest BCUT2D eigenvalue weighted by Gasteiger charge is -2.00. The SMILES string of the molecule is CC(O)Cc1nc2sccn2c1[N+](=O)[O-]. The van der Waals surface area contributed by atoms with Crippen LogP contribution in [0.4, 0.5) is 5.82 Å². The topological polar surface area (TPSA) is 80.7 Å². The molecule has 0 fully saturated rings. The van der Waals surface area contributed by atoms with Crippen LogP contribution in [0.5, 0.6) is 0 Å². The first-order valence-corrected chi connectivity index (χ1v) is 5.24. The number of hydrogen-bond donors (Lipinski definition) is 1. The Hall–Kier alpha value is -1.47. The van der Waals surface area contributed by atoms with E-state index in [-0.39, 0.29) is 12.2 Å². The number of fused-ring (bicyclic) bond motifs is 1. The van der Waals surface area contributed by atoms with E-state index in [1.165, 1.54) is 15.7 Å². The number of rotatable bonds is 3. The summed E-state index contributed by atoms with van der Waals surface area (Å²) in [6.45, 7) is 1.58. The monoisotopic (exact) mass is 227 g/mol. The molecule has 0 saturated heterocycles. The maximum atomic E-state index is 10.8. The molecular formula is C8H9N3O3S. The summed E-state index contributed by atoms with van der Waals surface area (Å²) in [5.74, 6) is -0.0489. The summed E-state index contributed by atoms with van der Waals surface area (Å²) in [4.78, 5) is 15.1. The Morgan fingerprint density at radius 3 is 3.13 bits per heavy atom. The van der Waals surface area contributed by atoms with Gasteiger partial charge in [-0.2, -0.15) is 9.38 Å². The third kappa shape index (κ3) is 1.71. The number of imidazole rings is 1. The van der Waals surface area contributed by atoms with Crippen LogP contribution < -0.4 is 0 Å². The molecule has 0 aliphatic carbocycles. The van der Waals surface area contributed by atoms with Crippen LogP contribution in [0.1, 0.15) is 12.6 Å². The van der Waals surface area contributed by atoms with Crippen LogP contribution in [0.2, 0.25) is 0 Å². The molecule has 1 N–H and O–H groups in total. The van der Waals surface area contributed by atoms with Crippen molar-refractivity contribution in [3.63, 3.8) is 0 Å². The van der Waals surface area contributed by atoms with Crippen LogP contribution in [0, 0.1) is 10.1 Å². The van der Waals surface area contributed by atoms with Crippen molar-refractivity contribution < 1.29 is 10.0 Å². The van der Waals surface area contributed by atoms with Crippen LogP contribution in [0.3, 0.4) is 0 Å².